The number of nitrogens with zero attached hydrogens (tertiary/aromatic N) is 4. The second kappa shape index (κ2) is 13.3. The van der Waals surface area contributed by atoms with Gasteiger partial charge in [0, 0.05) is 62.3 Å². The Morgan fingerprint density at radius 1 is 1.18 bits per heavy atom. The van der Waals surface area contributed by atoms with Crippen LogP contribution in [0.25, 0.3) is 0 Å². The average molecular weight is 552 g/mol. The first kappa shape index (κ1) is 28.1. The molecule has 11 heteroatoms. The minimum absolute atomic E-state index is 0.0112. The Balaban J connectivity index is 1.37. The van der Waals surface area contributed by atoms with Crippen molar-refractivity contribution in [3.63, 3.8) is 0 Å². The Hall–Kier alpha value is -3.89. The van der Waals surface area contributed by atoms with Crippen molar-refractivity contribution in [2.24, 2.45) is 0 Å². The molecule has 0 saturated carbocycles. The monoisotopic (exact) mass is 551 g/mol. The SMILES string of the molecule is CNc1ccc(OC2CCN(C(=O)CN(C)C)CC2)cc1C(=N)Nc1ccc(OCc2cnccn2)c(Cl)c1. The highest BCUT2D eigenvalue weighted by Crippen LogP contribution is 2.30. The molecule has 10 nitrogen and oxygen atoms in total. The molecule has 0 bridgehead atoms. The summed E-state index contributed by atoms with van der Waals surface area (Å²) >= 11 is 6.44. The lowest BCUT2D eigenvalue weighted by molar-refractivity contribution is -0.133. The van der Waals surface area contributed by atoms with E-state index in [0.717, 1.165) is 18.5 Å². The zero-order chi connectivity index (χ0) is 27.8. The van der Waals surface area contributed by atoms with E-state index >= 15 is 0 Å². The third-order valence-electron chi connectivity index (χ3n) is 6.27. The van der Waals surface area contributed by atoms with Crippen LogP contribution in [-0.4, -0.2) is 78.4 Å². The topological polar surface area (TPSA) is 116 Å². The summed E-state index contributed by atoms with van der Waals surface area (Å²) in [7, 11) is 5.61. The van der Waals surface area contributed by atoms with E-state index in [1.165, 1.54) is 0 Å². The first-order valence-electron chi connectivity index (χ1n) is 12.8. The largest absolute Gasteiger partial charge is 0.490 e. The van der Waals surface area contributed by atoms with Gasteiger partial charge in [-0.1, -0.05) is 11.6 Å². The van der Waals surface area contributed by atoms with Gasteiger partial charge in [0.05, 0.1) is 23.5 Å². The van der Waals surface area contributed by atoms with Crippen molar-refractivity contribution in [2.75, 3.05) is 51.4 Å². The zero-order valence-corrected chi connectivity index (χ0v) is 23.2. The number of piperidine rings is 1. The number of carbonyl (C=O) groups is 1. The van der Waals surface area contributed by atoms with Crippen LogP contribution in [0, 0.1) is 5.41 Å². The molecule has 2 heterocycles. The van der Waals surface area contributed by atoms with Gasteiger partial charge in [-0.15, -0.1) is 0 Å². The number of hydrogen-bond donors (Lipinski definition) is 3. The molecule has 3 aromatic rings. The van der Waals surface area contributed by atoms with Crippen molar-refractivity contribution in [2.45, 2.75) is 25.6 Å². The maximum Gasteiger partial charge on any atom is 0.236 e. The molecule has 1 saturated heterocycles. The van der Waals surface area contributed by atoms with Gasteiger partial charge in [-0.05, 0) is 50.5 Å². The van der Waals surface area contributed by atoms with Crippen LogP contribution in [0.1, 0.15) is 24.1 Å². The van der Waals surface area contributed by atoms with E-state index in [2.05, 4.69) is 20.6 Å². The van der Waals surface area contributed by atoms with Crippen molar-refractivity contribution in [3.8, 4) is 11.5 Å². The third-order valence-corrected chi connectivity index (χ3v) is 6.57. The molecule has 0 atom stereocenters. The molecule has 206 valence electrons. The van der Waals surface area contributed by atoms with Crippen LogP contribution in [0.2, 0.25) is 5.02 Å². The standard InChI is InChI=1S/C28H34ClN7O3/c1-31-25-6-5-22(39-21-8-12-36(13-9-21)27(37)17-35(2)3)15-23(25)28(30)34-19-4-7-26(24(29)14-19)38-18-20-16-32-10-11-33-20/h4-7,10-11,14-16,21,31H,8-9,12-13,17-18H2,1-3H3,(H2,30,34). The molecule has 1 aromatic heterocycles. The van der Waals surface area contributed by atoms with Crippen molar-refractivity contribution in [1.82, 2.24) is 19.8 Å². The number of amides is 1. The lowest BCUT2D eigenvalue weighted by atomic mass is 10.1. The molecular formula is C28H34ClN7O3. The molecule has 1 amide bonds. The van der Waals surface area contributed by atoms with Gasteiger partial charge in [0.1, 0.15) is 30.0 Å². The van der Waals surface area contributed by atoms with Crippen LogP contribution >= 0.6 is 11.6 Å². The van der Waals surface area contributed by atoms with Crippen LogP contribution in [-0.2, 0) is 11.4 Å². The van der Waals surface area contributed by atoms with Crippen LogP contribution in [0.5, 0.6) is 11.5 Å². The first-order chi connectivity index (χ1) is 18.8. The number of rotatable bonds is 10. The minimum atomic E-state index is 0.0112. The molecule has 4 rings (SSSR count). The Morgan fingerprint density at radius 3 is 2.64 bits per heavy atom. The lowest BCUT2D eigenvalue weighted by Gasteiger charge is -2.33. The second-order valence-electron chi connectivity index (χ2n) is 9.52. The molecule has 0 radical (unpaired) electrons. The minimum Gasteiger partial charge on any atom is -0.490 e. The summed E-state index contributed by atoms with van der Waals surface area (Å²) in [6, 6.07) is 10.9. The molecule has 2 aromatic carbocycles. The summed E-state index contributed by atoms with van der Waals surface area (Å²) in [5.74, 6) is 1.53. The van der Waals surface area contributed by atoms with E-state index in [9.17, 15) is 4.79 Å². The molecule has 1 aliphatic heterocycles. The molecule has 0 unspecified atom stereocenters. The number of likely N-dealkylation sites (N-methyl/N-ethyl adjacent to an activating group) is 1. The number of halogens is 1. The highest BCUT2D eigenvalue weighted by molar-refractivity contribution is 6.32. The number of anilines is 2. The predicted octanol–water partition coefficient (Wildman–Crippen LogP) is 4.12. The van der Waals surface area contributed by atoms with E-state index in [0.29, 0.717) is 53.1 Å². The summed E-state index contributed by atoms with van der Waals surface area (Å²) in [6.45, 7) is 2.02. The fourth-order valence-corrected chi connectivity index (χ4v) is 4.51. The smallest absolute Gasteiger partial charge is 0.236 e. The van der Waals surface area contributed by atoms with Crippen molar-refractivity contribution >= 4 is 34.7 Å². The Bertz CT molecular complexity index is 1280. The molecule has 1 aliphatic rings. The van der Waals surface area contributed by atoms with Gasteiger partial charge in [-0.3, -0.25) is 20.2 Å². The number of carbonyl (C=O) groups excluding carboxylic acids is 1. The van der Waals surface area contributed by atoms with Gasteiger partial charge < -0.3 is 29.9 Å². The van der Waals surface area contributed by atoms with Crippen LogP contribution in [0.3, 0.4) is 0 Å². The van der Waals surface area contributed by atoms with E-state index in [-0.39, 0.29) is 24.5 Å². The molecule has 1 fully saturated rings. The summed E-state index contributed by atoms with van der Waals surface area (Å²) in [5.41, 5.74) is 2.80. The number of aromatic nitrogens is 2. The number of likely N-dealkylation sites (tertiary alicyclic amines) is 1. The Labute approximate surface area is 233 Å². The maximum atomic E-state index is 12.3. The Morgan fingerprint density at radius 2 is 1.97 bits per heavy atom. The second-order valence-corrected chi connectivity index (χ2v) is 9.93. The number of ether oxygens (including phenoxy) is 2. The third kappa shape index (κ3) is 7.81. The fraction of sp³-hybridized carbons (Fsp3) is 0.357. The van der Waals surface area contributed by atoms with Gasteiger partial charge in [0.15, 0.2) is 0 Å². The van der Waals surface area contributed by atoms with Crippen LogP contribution < -0.4 is 20.1 Å². The average Bonchev–Trinajstić information content (AvgIpc) is 2.93. The quantitative estimate of drug-likeness (QED) is 0.254. The summed E-state index contributed by atoms with van der Waals surface area (Å²) in [5, 5.41) is 15.4. The van der Waals surface area contributed by atoms with Crippen molar-refractivity contribution in [3.05, 3.63) is 71.3 Å². The maximum absolute atomic E-state index is 12.3. The summed E-state index contributed by atoms with van der Waals surface area (Å²) < 4.78 is 12.0. The predicted molar refractivity (Wildman–Crippen MR) is 153 cm³/mol. The van der Waals surface area contributed by atoms with Crippen molar-refractivity contribution in [1.29, 1.82) is 5.41 Å². The van der Waals surface area contributed by atoms with Gasteiger partial charge in [-0.2, -0.15) is 0 Å². The molecule has 0 aliphatic carbocycles. The highest BCUT2D eigenvalue weighted by atomic mass is 35.5. The van der Waals surface area contributed by atoms with Gasteiger partial charge in [0.25, 0.3) is 0 Å². The molecule has 0 spiro atoms. The van der Waals surface area contributed by atoms with E-state index in [4.69, 9.17) is 26.5 Å². The first-order valence-corrected chi connectivity index (χ1v) is 13.1. The number of hydrogen-bond acceptors (Lipinski definition) is 8. The molecular weight excluding hydrogens is 518 g/mol. The Kier molecular flexibility index (Phi) is 9.56. The van der Waals surface area contributed by atoms with Gasteiger partial charge in [-0.25, -0.2) is 0 Å². The van der Waals surface area contributed by atoms with Crippen LogP contribution in [0.15, 0.2) is 55.0 Å². The van der Waals surface area contributed by atoms with Gasteiger partial charge >= 0.3 is 0 Å². The number of amidine groups is 1. The lowest BCUT2D eigenvalue weighted by Crippen LogP contribution is -2.45. The molecule has 3 N–H and O–H groups in total. The van der Waals surface area contributed by atoms with E-state index in [1.807, 2.05) is 49.1 Å². The van der Waals surface area contributed by atoms with E-state index < -0.39 is 0 Å². The number of benzene rings is 2. The number of nitrogens with one attached hydrogen (secondary N) is 3. The highest BCUT2D eigenvalue weighted by Gasteiger charge is 2.24. The zero-order valence-electron chi connectivity index (χ0n) is 22.4. The summed E-state index contributed by atoms with van der Waals surface area (Å²) in [6.07, 6.45) is 6.39. The van der Waals surface area contributed by atoms with Gasteiger partial charge in [0.2, 0.25) is 5.91 Å². The summed E-state index contributed by atoms with van der Waals surface area (Å²) in [4.78, 5) is 24.3. The fourth-order valence-electron chi connectivity index (χ4n) is 4.27. The van der Waals surface area contributed by atoms with E-state index in [1.54, 1.807) is 36.8 Å². The van der Waals surface area contributed by atoms with Crippen molar-refractivity contribution < 1.29 is 14.3 Å². The normalized spacial score (nSPS) is 13.7. The van der Waals surface area contributed by atoms with Crippen LogP contribution in [0.4, 0.5) is 11.4 Å². The molecule has 39 heavy (non-hydrogen) atoms.